The minimum Gasteiger partial charge on any atom is -0.480 e. The molecule has 182 valence electrons. The molecule has 34 heavy (non-hydrogen) atoms. The van der Waals surface area contributed by atoms with Crippen LogP contribution in [0.1, 0.15) is 51.2 Å². The second kappa shape index (κ2) is 9.85. The molecule has 1 aliphatic rings. The van der Waals surface area contributed by atoms with E-state index in [4.69, 9.17) is 9.47 Å². The summed E-state index contributed by atoms with van der Waals surface area (Å²) in [6, 6.07) is 14.8. The van der Waals surface area contributed by atoms with Crippen LogP contribution in [0.15, 0.2) is 48.5 Å². The number of fused-ring (bicyclic) bond motifs is 3. The molecule has 8 nitrogen and oxygen atoms in total. The van der Waals surface area contributed by atoms with Gasteiger partial charge in [-0.3, -0.25) is 4.79 Å². The first-order valence-electron chi connectivity index (χ1n) is 11.2. The van der Waals surface area contributed by atoms with Gasteiger partial charge < -0.3 is 25.2 Å². The first-order chi connectivity index (χ1) is 15.9. The molecule has 2 aromatic carbocycles. The first-order valence-corrected chi connectivity index (χ1v) is 11.2. The highest BCUT2D eigenvalue weighted by atomic mass is 16.5. The topological polar surface area (TPSA) is 114 Å². The molecule has 0 radical (unpaired) electrons. The summed E-state index contributed by atoms with van der Waals surface area (Å²) in [6.07, 6.45) is -0.697. The number of rotatable bonds is 9. The van der Waals surface area contributed by atoms with Crippen molar-refractivity contribution < 1.29 is 29.0 Å². The highest BCUT2D eigenvalue weighted by molar-refractivity contribution is 5.92. The molecule has 2 aromatic rings. The molecule has 0 heterocycles. The van der Waals surface area contributed by atoms with E-state index in [1.807, 2.05) is 48.5 Å². The summed E-state index contributed by atoms with van der Waals surface area (Å²) in [6.45, 7) is 6.55. The van der Waals surface area contributed by atoms with Crippen molar-refractivity contribution in [2.75, 3.05) is 13.7 Å². The number of carboxylic acids is 1. The minimum absolute atomic E-state index is 0.0611. The summed E-state index contributed by atoms with van der Waals surface area (Å²) in [5, 5.41) is 14.6. The lowest BCUT2D eigenvalue weighted by Crippen LogP contribution is -2.58. The zero-order valence-electron chi connectivity index (χ0n) is 20.2. The number of carbonyl (C=O) groups excluding carboxylic acids is 2. The third kappa shape index (κ3) is 5.56. The summed E-state index contributed by atoms with van der Waals surface area (Å²) in [5.41, 5.74) is 2.25. The lowest BCUT2D eigenvalue weighted by atomic mass is 9.97. The normalized spacial score (nSPS) is 14.0. The first kappa shape index (κ1) is 25.2. The lowest BCUT2D eigenvalue weighted by molar-refractivity contribution is -0.144. The van der Waals surface area contributed by atoms with Gasteiger partial charge in [0.15, 0.2) is 0 Å². The van der Waals surface area contributed by atoms with Crippen LogP contribution in [0.25, 0.3) is 11.1 Å². The molecule has 0 saturated heterocycles. The minimum atomic E-state index is -1.40. The monoisotopic (exact) mass is 468 g/mol. The summed E-state index contributed by atoms with van der Waals surface area (Å²) in [5.74, 6) is -1.93. The van der Waals surface area contributed by atoms with Crippen molar-refractivity contribution in [1.29, 1.82) is 0 Å². The molecule has 1 atom stereocenters. The molecule has 0 fully saturated rings. The van der Waals surface area contributed by atoms with Gasteiger partial charge in [-0.2, -0.15) is 0 Å². The van der Waals surface area contributed by atoms with E-state index in [9.17, 15) is 19.5 Å². The molecule has 1 aliphatic carbocycles. The van der Waals surface area contributed by atoms with Crippen LogP contribution in [0.3, 0.4) is 0 Å². The Balaban J connectivity index is 1.63. The van der Waals surface area contributed by atoms with Crippen LogP contribution in [0.2, 0.25) is 0 Å². The zero-order chi connectivity index (χ0) is 25.1. The fourth-order valence-corrected chi connectivity index (χ4v) is 4.06. The molecule has 0 aromatic heterocycles. The number of methoxy groups -OCH3 is 1. The van der Waals surface area contributed by atoms with Gasteiger partial charge in [0.1, 0.15) is 18.2 Å². The third-order valence-corrected chi connectivity index (χ3v) is 6.18. The average Bonchev–Trinajstić information content (AvgIpc) is 3.10. The highest BCUT2D eigenvalue weighted by Gasteiger charge is 2.36. The van der Waals surface area contributed by atoms with Gasteiger partial charge in [-0.25, -0.2) is 9.59 Å². The summed E-state index contributed by atoms with van der Waals surface area (Å²) in [4.78, 5) is 37.0. The number of benzene rings is 2. The van der Waals surface area contributed by atoms with Crippen molar-refractivity contribution in [3.05, 3.63) is 59.7 Å². The van der Waals surface area contributed by atoms with E-state index in [2.05, 4.69) is 10.6 Å². The van der Waals surface area contributed by atoms with Gasteiger partial charge in [0.2, 0.25) is 5.91 Å². The van der Waals surface area contributed by atoms with Crippen LogP contribution in [0.5, 0.6) is 0 Å². The van der Waals surface area contributed by atoms with E-state index in [-0.39, 0.29) is 18.9 Å². The van der Waals surface area contributed by atoms with E-state index in [0.717, 1.165) is 22.3 Å². The van der Waals surface area contributed by atoms with Crippen LogP contribution in [-0.4, -0.2) is 54.0 Å². The maximum Gasteiger partial charge on any atom is 0.408 e. The fourth-order valence-electron chi connectivity index (χ4n) is 4.06. The predicted octanol–water partition coefficient (Wildman–Crippen LogP) is 3.69. The average molecular weight is 469 g/mol. The molecule has 8 heteroatoms. The molecule has 3 rings (SSSR count). The largest absolute Gasteiger partial charge is 0.480 e. The van der Waals surface area contributed by atoms with Crippen molar-refractivity contribution in [1.82, 2.24) is 10.6 Å². The standard InChI is InChI=1S/C26H32N2O6/c1-25(2,33-5)14-21(22(29)30)27-23(31)26(3,4)28-24(32)34-15-20-18-12-8-6-10-16(18)17-11-7-9-13-19(17)20/h6-13,20-21H,14-15H2,1-5H3,(H,27,31)(H,28,32)(H,29,30). The number of nitrogens with one attached hydrogen (secondary N) is 2. The number of hydrogen-bond acceptors (Lipinski definition) is 5. The molecule has 2 amide bonds. The van der Waals surface area contributed by atoms with Gasteiger partial charge >= 0.3 is 12.1 Å². The van der Waals surface area contributed by atoms with Crippen molar-refractivity contribution in [3.8, 4) is 11.1 Å². The summed E-state index contributed by atoms with van der Waals surface area (Å²) in [7, 11) is 1.48. The molecular formula is C26H32N2O6. The van der Waals surface area contributed by atoms with Gasteiger partial charge in [0, 0.05) is 19.4 Å². The van der Waals surface area contributed by atoms with Crippen LogP contribution < -0.4 is 10.6 Å². The number of alkyl carbamates (subject to hydrolysis) is 1. The molecule has 0 aliphatic heterocycles. The SMILES string of the molecule is COC(C)(C)CC(NC(=O)C(C)(C)NC(=O)OCC1c2ccccc2-c2ccccc21)C(=O)O. The number of amides is 2. The van der Waals surface area contributed by atoms with Crippen LogP contribution in [0, 0.1) is 0 Å². The Morgan fingerprint density at radius 2 is 1.50 bits per heavy atom. The van der Waals surface area contributed by atoms with Crippen molar-refractivity contribution in [3.63, 3.8) is 0 Å². The molecule has 0 bridgehead atoms. The quantitative estimate of drug-likeness (QED) is 0.517. The Kier molecular flexibility index (Phi) is 7.31. The maximum atomic E-state index is 12.8. The number of carboxylic acid groups (broad SMARTS) is 1. The van der Waals surface area contributed by atoms with Gasteiger partial charge in [0.05, 0.1) is 5.60 Å². The summed E-state index contributed by atoms with van der Waals surface area (Å²) < 4.78 is 10.8. The highest BCUT2D eigenvalue weighted by Crippen LogP contribution is 2.44. The van der Waals surface area contributed by atoms with Crippen molar-refractivity contribution in [2.24, 2.45) is 0 Å². The van der Waals surface area contributed by atoms with Gasteiger partial charge in [-0.1, -0.05) is 48.5 Å². The Hall–Kier alpha value is -3.39. The van der Waals surface area contributed by atoms with E-state index in [0.29, 0.717) is 0 Å². The van der Waals surface area contributed by atoms with E-state index in [1.165, 1.54) is 21.0 Å². The molecule has 1 unspecified atom stereocenters. The number of aliphatic carboxylic acids is 1. The lowest BCUT2D eigenvalue weighted by Gasteiger charge is -2.30. The molecule has 0 spiro atoms. The van der Waals surface area contributed by atoms with Crippen LogP contribution in [0.4, 0.5) is 4.79 Å². The van der Waals surface area contributed by atoms with Gasteiger partial charge in [-0.05, 0) is 49.9 Å². The Morgan fingerprint density at radius 1 is 0.971 bits per heavy atom. The fraction of sp³-hybridized carbons (Fsp3) is 0.423. The van der Waals surface area contributed by atoms with Gasteiger partial charge in [0.25, 0.3) is 0 Å². The van der Waals surface area contributed by atoms with Crippen LogP contribution in [-0.2, 0) is 19.1 Å². The molecular weight excluding hydrogens is 436 g/mol. The zero-order valence-corrected chi connectivity index (χ0v) is 20.2. The van der Waals surface area contributed by atoms with Crippen molar-refractivity contribution >= 4 is 18.0 Å². The van der Waals surface area contributed by atoms with Crippen LogP contribution >= 0.6 is 0 Å². The van der Waals surface area contributed by atoms with E-state index >= 15 is 0 Å². The number of hydrogen-bond donors (Lipinski definition) is 3. The Morgan fingerprint density at radius 3 is 2.00 bits per heavy atom. The molecule has 3 N–H and O–H groups in total. The second-order valence-corrected chi connectivity index (χ2v) is 9.61. The number of carbonyl (C=O) groups is 3. The maximum absolute atomic E-state index is 12.8. The summed E-state index contributed by atoms with van der Waals surface area (Å²) >= 11 is 0. The second-order valence-electron chi connectivity index (χ2n) is 9.61. The number of ether oxygens (including phenoxy) is 2. The predicted molar refractivity (Wildman–Crippen MR) is 128 cm³/mol. The Labute approximate surface area is 199 Å². The molecule has 0 saturated carbocycles. The van der Waals surface area contributed by atoms with E-state index < -0.39 is 35.2 Å². The van der Waals surface area contributed by atoms with E-state index in [1.54, 1.807) is 13.8 Å². The van der Waals surface area contributed by atoms with Crippen molar-refractivity contribution in [2.45, 2.75) is 57.2 Å². The van der Waals surface area contributed by atoms with Gasteiger partial charge in [-0.15, -0.1) is 0 Å². The smallest absolute Gasteiger partial charge is 0.408 e. The Bertz CT molecular complexity index is 1030. The third-order valence-electron chi connectivity index (χ3n) is 6.18.